The van der Waals surface area contributed by atoms with Crippen LogP contribution in [0.2, 0.25) is 0 Å². The number of nitrogens with two attached hydrogens (primary N) is 1. The summed E-state index contributed by atoms with van der Waals surface area (Å²) in [6.45, 7) is -0.390. The van der Waals surface area contributed by atoms with Crippen LogP contribution in [-0.4, -0.2) is 36.7 Å². The zero-order chi connectivity index (χ0) is 15.9. The molecule has 22 heavy (non-hydrogen) atoms. The van der Waals surface area contributed by atoms with Crippen LogP contribution >= 0.6 is 0 Å². The summed E-state index contributed by atoms with van der Waals surface area (Å²) in [4.78, 5) is 24.8. The third-order valence-electron chi connectivity index (χ3n) is 4.83. The van der Waals surface area contributed by atoms with Crippen LogP contribution in [0.4, 0.5) is 5.69 Å². The smallest absolute Gasteiger partial charge is 0.341 e. The van der Waals surface area contributed by atoms with E-state index >= 15 is 0 Å². The Balaban J connectivity index is 2.03. The molecule has 118 valence electrons. The first-order chi connectivity index (χ1) is 10.5. The van der Waals surface area contributed by atoms with Crippen molar-refractivity contribution in [2.24, 2.45) is 11.7 Å². The average Bonchev–Trinajstić information content (AvgIpc) is 2.79. The average molecular weight is 304 g/mol. The van der Waals surface area contributed by atoms with E-state index in [1.54, 1.807) is 6.07 Å². The molecule has 1 aromatic carbocycles. The molecule has 0 aromatic heterocycles. The van der Waals surface area contributed by atoms with E-state index in [2.05, 4.69) is 4.90 Å². The summed E-state index contributed by atoms with van der Waals surface area (Å²) in [5, 5.41) is 8.84. The molecule has 1 aliphatic carbocycles. The van der Waals surface area contributed by atoms with Crippen LogP contribution < -0.4 is 15.4 Å². The molecule has 1 aromatic rings. The van der Waals surface area contributed by atoms with E-state index < -0.39 is 12.6 Å². The number of ether oxygens (including phenoxy) is 1. The molecule has 0 spiro atoms. The van der Waals surface area contributed by atoms with Crippen molar-refractivity contribution in [3.63, 3.8) is 0 Å². The molecule has 0 radical (unpaired) electrons. The fourth-order valence-corrected chi connectivity index (χ4v) is 3.94. The van der Waals surface area contributed by atoms with Crippen LogP contribution in [0.1, 0.15) is 30.7 Å². The molecule has 6 heteroatoms. The van der Waals surface area contributed by atoms with Crippen molar-refractivity contribution in [2.75, 3.05) is 18.6 Å². The Morgan fingerprint density at radius 3 is 2.86 bits per heavy atom. The van der Waals surface area contributed by atoms with Gasteiger partial charge in [-0.15, -0.1) is 0 Å². The number of carbonyl (C=O) groups is 2. The van der Waals surface area contributed by atoms with Gasteiger partial charge >= 0.3 is 5.97 Å². The highest BCUT2D eigenvalue weighted by atomic mass is 16.5. The molecule has 1 amide bonds. The van der Waals surface area contributed by atoms with Crippen LogP contribution in [0.5, 0.6) is 5.75 Å². The third-order valence-corrected chi connectivity index (χ3v) is 4.83. The van der Waals surface area contributed by atoms with Gasteiger partial charge in [0.05, 0.1) is 0 Å². The minimum absolute atomic E-state index is 0.0174. The lowest BCUT2D eigenvalue weighted by molar-refractivity contribution is -0.139. The fourth-order valence-electron chi connectivity index (χ4n) is 3.94. The molecule has 0 bridgehead atoms. The number of likely N-dealkylation sites (N-methyl/N-ethyl adjacent to an activating group) is 1. The van der Waals surface area contributed by atoms with Gasteiger partial charge in [0.2, 0.25) is 5.91 Å². The van der Waals surface area contributed by atoms with E-state index in [1.165, 1.54) is 0 Å². The van der Waals surface area contributed by atoms with E-state index in [9.17, 15) is 9.59 Å². The van der Waals surface area contributed by atoms with E-state index in [0.29, 0.717) is 5.75 Å². The maximum atomic E-state index is 11.9. The summed E-state index contributed by atoms with van der Waals surface area (Å²) in [5.74, 6) is -1.000. The summed E-state index contributed by atoms with van der Waals surface area (Å²) in [5.41, 5.74) is 7.54. The molecular formula is C16H20N2O4. The summed E-state index contributed by atoms with van der Waals surface area (Å²) in [7, 11) is 2.01. The molecule has 3 atom stereocenters. The molecule has 0 saturated heterocycles. The van der Waals surface area contributed by atoms with Crippen LogP contribution in [-0.2, 0) is 9.59 Å². The van der Waals surface area contributed by atoms with Crippen molar-refractivity contribution in [3.05, 3.63) is 23.8 Å². The normalized spacial score (nSPS) is 26.2. The number of carboxylic acids is 1. The number of nitrogens with zero attached hydrogens (tertiary/aromatic N) is 1. The molecule has 1 aliphatic heterocycles. The van der Waals surface area contributed by atoms with E-state index in [-0.39, 0.29) is 23.8 Å². The number of primary amides is 1. The van der Waals surface area contributed by atoms with Gasteiger partial charge in [0.25, 0.3) is 0 Å². The van der Waals surface area contributed by atoms with Gasteiger partial charge in [-0.1, -0.05) is 12.5 Å². The Morgan fingerprint density at radius 1 is 1.41 bits per heavy atom. The second-order valence-electron chi connectivity index (χ2n) is 6.02. The largest absolute Gasteiger partial charge is 0.482 e. The van der Waals surface area contributed by atoms with Gasteiger partial charge < -0.3 is 20.5 Å². The van der Waals surface area contributed by atoms with Crippen LogP contribution in [0.3, 0.4) is 0 Å². The second kappa shape index (κ2) is 5.51. The SMILES string of the molecule is CN1c2cccc(OCC(=O)O)c2C2C(C(N)=O)CCCC21. The van der Waals surface area contributed by atoms with Gasteiger partial charge in [-0.3, -0.25) is 4.79 Å². The van der Waals surface area contributed by atoms with Crippen LogP contribution in [0.25, 0.3) is 0 Å². The number of hydrogen-bond acceptors (Lipinski definition) is 4. The standard InChI is InChI=1S/C16H20N2O4/c1-18-10-5-2-4-9(16(17)21)14(10)15-11(18)6-3-7-12(15)22-8-13(19)20/h3,6-7,9-10,14H,2,4-5,8H2,1H3,(H2,17,21)(H,19,20). The Kier molecular flexibility index (Phi) is 3.68. The lowest BCUT2D eigenvalue weighted by atomic mass is 9.73. The predicted molar refractivity (Wildman–Crippen MR) is 81.0 cm³/mol. The van der Waals surface area contributed by atoms with Gasteiger partial charge in [0, 0.05) is 36.2 Å². The highest BCUT2D eigenvalue weighted by molar-refractivity contribution is 5.81. The highest BCUT2D eigenvalue weighted by Gasteiger charge is 2.46. The molecule has 3 rings (SSSR count). The third kappa shape index (κ3) is 2.28. The van der Waals surface area contributed by atoms with Gasteiger partial charge in [0.1, 0.15) is 5.75 Å². The van der Waals surface area contributed by atoms with Crippen LogP contribution in [0, 0.1) is 5.92 Å². The number of carboxylic acid groups (broad SMARTS) is 1. The first-order valence-corrected chi connectivity index (χ1v) is 7.50. The maximum Gasteiger partial charge on any atom is 0.341 e. The number of benzene rings is 1. The summed E-state index contributed by atoms with van der Waals surface area (Å²) >= 11 is 0. The summed E-state index contributed by atoms with van der Waals surface area (Å²) < 4.78 is 5.46. The van der Waals surface area contributed by atoms with E-state index in [1.807, 2.05) is 19.2 Å². The fraction of sp³-hybridized carbons (Fsp3) is 0.500. The van der Waals surface area contributed by atoms with Crippen molar-refractivity contribution in [1.82, 2.24) is 0 Å². The summed E-state index contributed by atoms with van der Waals surface area (Å²) in [6, 6.07) is 5.82. The maximum absolute atomic E-state index is 11.9. The number of amides is 1. The predicted octanol–water partition coefficient (Wildman–Crippen LogP) is 1.34. The Morgan fingerprint density at radius 2 is 2.18 bits per heavy atom. The Hall–Kier alpha value is -2.24. The van der Waals surface area contributed by atoms with Gasteiger partial charge in [0.15, 0.2) is 6.61 Å². The summed E-state index contributed by atoms with van der Waals surface area (Å²) in [6.07, 6.45) is 2.74. The van der Waals surface area contributed by atoms with Crippen molar-refractivity contribution >= 4 is 17.6 Å². The quantitative estimate of drug-likeness (QED) is 0.875. The van der Waals surface area contributed by atoms with E-state index in [4.69, 9.17) is 15.6 Å². The second-order valence-corrected chi connectivity index (χ2v) is 6.02. The number of fused-ring (bicyclic) bond motifs is 3. The van der Waals surface area contributed by atoms with Crippen molar-refractivity contribution in [1.29, 1.82) is 0 Å². The van der Waals surface area contributed by atoms with Gasteiger partial charge in [-0.25, -0.2) is 4.79 Å². The number of anilines is 1. The number of hydrogen-bond donors (Lipinski definition) is 2. The van der Waals surface area contributed by atoms with Crippen molar-refractivity contribution < 1.29 is 19.4 Å². The molecule has 3 unspecified atom stereocenters. The molecule has 6 nitrogen and oxygen atoms in total. The lowest BCUT2D eigenvalue weighted by Crippen LogP contribution is -2.41. The zero-order valence-electron chi connectivity index (χ0n) is 12.5. The first kappa shape index (κ1) is 14.7. The monoisotopic (exact) mass is 304 g/mol. The Labute approximate surface area is 128 Å². The highest BCUT2D eigenvalue weighted by Crippen LogP contribution is 2.52. The topological polar surface area (TPSA) is 92.9 Å². The number of carbonyl (C=O) groups excluding carboxylic acids is 1. The van der Waals surface area contributed by atoms with Crippen molar-refractivity contribution in [3.8, 4) is 5.75 Å². The van der Waals surface area contributed by atoms with Crippen LogP contribution in [0.15, 0.2) is 18.2 Å². The lowest BCUT2D eigenvalue weighted by Gasteiger charge is -2.35. The molecule has 1 fully saturated rings. The number of rotatable bonds is 4. The first-order valence-electron chi connectivity index (χ1n) is 7.50. The van der Waals surface area contributed by atoms with E-state index in [0.717, 1.165) is 30.5 Å². The molecule has 2 aliphatic rings. The minimum atomic E-state index is -1.02. The Bertz CT molecular complexity index is 616. The zero-order valence-corrected chi connectivity index (χ0v) is 12.5. The van der Waals surface area contributed by atoms with Gasteiger partial charge in [-0.2, -0.15) is 0 Å². The molecule has 1 heterocycles. The molecule has 3 N–H and O–H groups in total. The van der Waals surface area contributed by atoms with Gasteiger partial charge in [-0.05, 0) is 25.0 Å². The number of aliphatic carboxylic acids is 1. The minimum Gasteiger partial charge on any atom is -0.482 e. The van der Waals surface area contributed by atoms with Crippen molar-refractivity contribution in [2.45, 2.75) is 31.2 Å². The molecule has 1 saturated carbocycles. The molecular weight excluding hydrogens is 284 g/mol.